The van der Waals surface area contributed by atoms with E-state index in [1.165, 1.54) is 5.56 Å². The maximum Gasteiger partial charge on any atom is 0.195 e. The summed E-state index contributed by atoms with van der Waals surface area (Å²) in [7, 11) is 0. The fraction of sp³-hybridized carbons (Fsp3) is 0.133. The predicted octanol–water partition coefficient (Wildman–Crippen LogP) is 3.90. The van der Waals surface area contributed by atoms with Crippen LogP contribution >= 0.6 is 23.8 Å². The van der Waals surface area contributed by atoms with Crippen LogP contribution in [-0.2, 0) is 13.0 Å². The summed E-state index contributed by atoms with van der Waals surface area (Å²) in [5.74, 6) is 0.759. The third-order valence-corrected chi connectivity index (χ3v) is 3.75. The monoisotopic (exact) mass is 316 g/mol. The van der Waals surface area contributed by atoms with Crippen LogP contribution in [0, 0.1) is 4.77 Å². The van der Waals surface area contributed by atoms with Crippen molar-refractivity contribution in [2.24, 2.45) is 0 Å². The van der Waals surface area contributed by atoms with Crippen molar-refractivity contribution in [3.05, 3.63) is 64.0 Å². The predicted molar refractivity (Wildman–Crippen MR) is 85.8 cm³/mol. The maximum absolute atomic E-state index is 5.90. The second-order valence-electron chi connectivity index (χ2n) is 4.60. The first-order chi connectivity index (χ1) is 10.2. The average Bonchev–Trinajstić information content (AvgIpc) is 2.89. The van der Waals surface area contributed by atoms with Gasteiger partial charge >= 0.3 is 0 Å². The number of halogens is 1. The molecule has 3 aromatic rings. The number of pyridine rings is 1. The van der Waals surface area contributed by atoms with Gasteiger partial charge in [-0.15, -0.1) is 0 Å². The number of nitrogens with zero attached hydrogens (tertiary/aromatic N) is 3. The highest BCUT2D eigenvalue weighted by Crippen LogP contribution is 2.15. The SMILES string of the molecule is S=c1[nH]nc(-c2ccccn2)n1CCc1ccc(Cl)cc1. The van der Waals surface area contributed by atoms with Gasteiger partial charge in [0.2, 0.25) is 0 Å². The largest absolute Gasteiger partial charge is 0.299 e. The summed E-state index contributed by atoms with van der Waals surface area (Å²) in [5.41, 5.74) is 2.01. The van der Waals surface area contributed by atoms with E-state index in [0.29, 0.717) is 4.77 Å². The molecule has 6 heteroatoms. The van der Waals surface area contributed by atoms with Gasteiger partial charge in [-0.3, -0.25) is 14.6 Å². The van der Waals surface area contributed by atoms with E-state index in [-0.39, 0.29) is 0 Å². The third kappa shape index (κ3) is 3.20. The van der Waals surface area contributed by atoms with Crippen molar-refractivity contribution < 1.29 is 0 Å². The molecule has 4 nitrogen and oxygen atoms in total. The van der Waals surface area contributed by atoms with Crippen molar-refractivity contribution in [2.75, 3.05) is 0 Å². The summed E-state index contributed by atoms with van der Waals surface area (Å²) in [5, 5.41) is 7.85. The minimum absolute atomic E-state index is 0.601. The number of benzene rings is 1. The molecule has 0 unspecified atom stereocenters. The third-order valence-electron chi connectivity index (χ3n) is 3.19. The van der Waals surface area contributed by atoms with Gasteiger partial charge < -0.3 is 0 Å². The van der Waals surface area contributed by atoms with E-state index in [4.69, 9.17) is 23.8 Å². The summed E-state index contributed by atoms with van der Waals surface area (Å²) >= 11 is 11.2. The quantitative estimate of drug-likeness (QED) is 0.743. The van der Waals surface area contributed by atoms with E-state index in [9.17, 15) is 0 Å². The van der Waals surface area contributed by atoms with Gasteiger partial charge in [-0.2, -0.15) is 5.10 Å². The number of rotatable bonds is 4. The number of H-pyrrole nitrogens is 1. The zero-order chi connectivity index (χ0) is 14.7. The van der Waals surface area contributed by atoms with E-state index in [0.717, 1.165) is 29.5 Å². The molecule has 0 aliphatic rings. The number of aromatic nitrogens is 4. The molecule has 0 aliphatic heterocycles. The first kappa shape index (κ1) is 14.0. The van der Waals surface area contributed by atoms with Crippen molar-refractivity contribution in [1.29, 1.82) is 0 Å². The van der Waals surface area contributed by atoms with E-state index in [2.05, 4.69) is 15.2 Å². The van der Waals surface area contributed by atoms with Gasteiger partial charge in [-0.25, -0.2) is 0 Å². The van der Waals surface area contributed by atoms with Crippen molar-refractivity contribution in [3.8, 4) is 11.5 Å². The lowest BCUT2D eigenvalue weighted by molar-refractivity contribution is 0.690. The highest BCUT2D eigenvalue weighted by atomic mass is 35.5. The molecule has 0 amide bonds. The summed E-state index contributed by atoms with van der Waals surface area (Å²) in [6, 6.07) is 13.6. The molecule has 21 heavy (non-hydrogen) atoms. The van der Waals surface area contributed by atoms with Gasteiger partial charge in [0, 0.05) is 17.8 Å². The molecule has 0 radical (unpaired) electrons. The molecule has 0 saturated heterocycles. The number of hydrogen-bond donors (Lipinski definition) is 1. The van der Waals surface area contributed by atoms with Crippen LogP contribution in [-0.4, -0.2) is 19.7 Å². The van der Waals surface area contributed by atoms with Gasteiger partial charge in [0.1, 0.15) is 5.69 Å². The lowest BCUT2D eigenvalue weighted by Gasteiger charge is -2.06. The molecule has 2 aromatic heterocycles. The molecule has 2 heterocycles. The van der Waals surface area contributed by atoms with Gasteiger partial charge in [0.05, 0.1) is 0 Å². The Hall–Kier alpha value is -1.98. The van der Waals surface area contributed by atoms with Gasteiger partial charge in [-0.05, 0) is 48.5 Å². The Bertz CT molecular complexity index is 777. The standard InChI is InChI=1S/C15H13ClN4S/c16-12-6-4-11(5-7-12)8-10-20-14(18-19-15(20)21)13-3-1-2-9-17-13/h1-7,9H,8,10H2,(H,19,21). The lowest BCUT2D eigenvalue weighted by Crippen LogP contribution is -2.04. The first-order valence-corrected chi connectivity index (χ1v) is 7.34. The Morgan fingerprint density at radius 3 is 2.67 bits per heavy atom. The van der Waals surface area contributed by atoms with Crippen LogP contribution in [0.4, 0.5) is 0 Å². The summed E-state index contributed by atoms with van der Waals surface area (Å²) < 4.78 is 2.57. The Balaban J connectivity index is 1.84. The van der Waals surface area contributed by atoms with E-state index in [1.54, 1.807) is 6.20 Å². The van der Waals surface area contributed by atoms with Crippen LogP contribution in [0.2, 0.25) is 5.02 Å². The zero-order valence-electron chi connectivity index (χ0n) is 11.2. The van der Waals surface area contributed by atoms with Gasteiger partial charge in [0.25, 0.3) is 0 Å². The van der Waals surface area contributed by atoms with Crippen molar-refractivity contribution in [2.45, 2.75) is 13.0 Å². The minimum Gasteiger partial charge on any atom is -0.299 e. The minimum atomic E-state index is 0.601. The molecule has 1 aromatic carbocycles. The first-order valence-electron chi connectivity index (χ1n) is 6.55. The highest BCUT2D eigenvalue weighted by Gasteiger charge is 2.09. The van der Waals surface area contributed by atoms with E-state index >= 15 is 0 Å². The second kappa shape index (κ2) is 6.20. The Labute approximate surface area is 132 Å². The number of hydrogen-bond acceptors (Lipinski definition) is 3. The number of aromatic amines is 1. The van der Waals surface area contributed by atoms with Crippen LogP contribution in [0.1, 0.15) is 5.56 Å². The van der Waals surface area contributed by atoms with Crippen molar-refractivity contribution in [1.82, 2.24) is 19.7 Å². The van der Waals surface area contributed by atoms with Crippen LogP contribution in [0.5, 0.6) is 0 Å². The lowest BCUT2D eigenvalue weighted by atomic mass is 10.1. The summed E-state index contributed by atoms with van der Waals surface area (Å²) in [4.78, 5) is 4.32. The van der Waals surface area contributed by atoms with Crippen molar-refractivity contribution in [3.63, 3.8) is 0 Å². The summed E-state index contributed by atoms with van der Waals surface area (Å²) in [6.45, 7) is 0.739. The molecule has 0 fully saturated rings. The fourth-order valence-corrected chi connectivity index (χ4v) is 2.46. The molecule has 0 atom stereocenters. The molecule has 0 spiro atoms. The molecule has 1 N–H and O–H groups in total. The van der Waals surface area contributed by atoms with E-state index < -0.39 is 0 Å². The molecule has 3 rings (SSSR count). The molecule has 106 valence electrons. The second-order valence-corrected chi connectivity index (χ2v) is 5.42. The maximum atomic E-state index is 5.90. The smallest absolute Gasteiger partial charge is 0.195 e. The van der Waals surface area contributed by atoms with Crippen LogP contribution in [0.25, 0.3) is 11.5 Å². The Kier molecular flexibility index (Phi) is 4.13. The highest BCUT2D eigenvalue weighted by molar-refractivity contribution is 7.71. The van der Waals surface area contributed by atoms with E-state index in [1.807, 2.05) is 47.0 Å². The topological polar surface area (TPSA) is 46.5 Å². The average molecular weight is 317 g/mol. The van der Waals surface area contributed by atoms with Crippen LogP contribution < -0.4 is 0 Å². The van der Waals surface area contributed by atoms with Crippen LogP contribution in [0.15, 0.2) is 48.7 Å². The Morgan fingerprint density at radius 2 is 1.95 bits per heavy atom. The van der Waals surface area contributed by atoms with Crippen LogP contribution in [0.3, 0.4) is 0 Å². The molecular formula is C15H13ClN4S. The number of nitrogens with one attached hydrogen (secondary N) is 1. The molecule has 0 saturated carbocycles. The molecule has 0 bridgehead atoms. The zero-order valence-corrected chi connectivity index (χ0v) is 12.7. The molecule has 0 aliphatic carbocycles. The van der Waals surface area contributed by atoms with Gasteiger partial charge in [0.15, 0.2) is 10.6 Å². The number of aryl methyl sites for hydroxylation is 1. The van der Waals surface area contributed by atoms with Gasteiger partial charge in [-0.1, -0.05) is 29.8 Å². The molecular weight excluding hydrogens is 304 g/mol. The normalized spacial score (nSPS) is 10.7. The fourth-order valence-electron chi connectivity index (χ4n) is 2.11. The van der Waals surface area contributed by atoms with Crippen molar-refractivity contribution >= 4 is 23.8 Å². The summed E-state index contributed by atoms with van der Waals surface area (Å²) in [6.07, 6.45) is 2.60. The Morgan fingerprint density at radius 1 is 1.14 bits per heavy atom.